The zero-order chi connectivity index (χ0) is 19.0. The third-order valence-electron chi connectivity index (χ3n) is 4.37. The van der Waals surface area contributed by atoms with Gasteiger partial charge in [0.2, 0.25) is 11.9 Å². The minimum Gasteiger partial charge on any atom is -0.454 e. The lowest BCUT2D eigenvalue weighted by Gasteiger charge is -2.10. The lowest BCUT2D eigenvalue weighted by Crippen LogP contribution is -2.12. The van der Waals surface area contributed by atoms with Gasteiger partial charge in [-0.15, -0.1) is 5.10 Å². The Morgan fingerprint density at radius 1 is 1.26 bits per heavy atom. The number of benzene rings is 1. The van der Waals surface area contributed by atoms with E-state index in [1.165, 1.54) is 11.8 Å². The average Bonchev–Trinajstić information content (AvgIpc) is 3.27. The van der Waals surface area contributed by atoms with Crippen molar-refractivity contribution in [2.75, 3.05) is 13.0 Å². The molecule has 0 amide bonds. The average molecular weight is 386 g/mol. The maximum atomic E-state index is 12.3. The molecule has 0 spiro atoms. The fraction of sp³-hybridized carbons (Fsp3) is 0.333. The second-order valence-electron chi connectivity index (χ2n) is 6.06. The molecule has 0 radical (unpaired) electrons. The number of rotatable bonds is 5. The molecule has 0 saturated carbocycles. The topological polar surface area (TPSA) is 87.8 Å². The summed E-state index contributed by atoms with van der Waals surface area (Å²) in [5.41, 5.74) is 2.75. The molecule has 0 aliphatic carbocycles. The number of carbonyl (C=O) groups excluding carboxylic acids is 1. The Kier molecular flexibility index (Phi) is 4.61. The van der Waals surface area contributed by atoms with E-state index >= 15 is 0 Å². The van der Waals surface area contributed by atoms with Crippen LogP contribution < -0.4 is 14.2 Å². The number of fused-ring (bicyclic) bond motifs is 2. The minimum atomic E-state index is -0.323. The summed E-state index contributed by atoms with van der Waals surface area (Å²) in [4.78, 5) is 21.1. The van der Waals surface area contributed by atoms with E-state index in [2.05, 4.69) is 15.1 Å². The number of hydrogen-bond acceptors (Lipinski definition) is 8. The number of aromatic nitrogens is 4. The highest BCUT2D eigenvalue weighted by Crippen LogP contribution is 2.35. The molecule has 9 heteroatoms. The molecule has 27 heavy (non-hydrogen) atoms. The van der Waals surface area contributed by atoms with Crippen molar-refractivity contribution in [2.24, 2.45) is 0 Å². The van der Waals surface area contributed by atoms with Crippen molar-refractivity contribution in [3.05, 3.63) is 35.2 Å². The second-order valence-corrected chi connectivity index (χ2v) is 6.83. The molecule has 0 N–H and O–H groups in total. The van der Waals surface area contributed by atoms with Crippen molar-refractivity contribution in [2.45, 2.75) is 31.8 Å². The van der Waals surface area contributed by atoms with Gasteiger partial charge >= 0.3 is 5.97 Å². The van der Waals surface area contributed by atoms with Crippen LogP contribution in [-0.2, 0) is 11.2 Å². The van der Waals surface area contributed by atoms with Crippen molar-refractivity contribution in [1.82, 2.24) is 19.6 Å². The lowest BCUT2D eigenvalue weighted by atomic mass is 10.1. The normalized spacial score (nSPS) is 12.6. The Morgan fingerprint density at radius 3 is 2.89 bits per heavy atom. The second kappa shape index (κ2) is 7.07. The molecule has 4 rings (SSSR count). The highest BCUT2D eigenvalue weighted by molar-refractivity contribution is 7.98. The Labute approximate surface area is 159 Å². The standard InChI is InChI=1S/C18H18N4O4S/c1-10-13(11(2)22-17(19-10)20-18(21-22)27-3)5-7-16(23)26-12-4-6-14-15(8-12)25-9-24-14/h4,6,8H,5,7,9H2,1-3H3. The molecule has 0 saturated heterocycles. The molecule has 140 valence electrons. The first-order chi connectivity index (χ1) is 13.0. The van der Waals surface area contributed by atoms with E-state index < -0.39 is 0 Å². The van der Waals surface area contributed by atoms with Gasteiger partial charge in [0.15, 0.2) is 11.5 Å². The molecular weight excluding hydrogens is 368 g/mol. The molecule has 0 atom stereocenters. The van der Waals surface area contributed by atoms with Crippen LogP contribution in [0.3, 0.4) is 0 Å². The van der Waals surface area contributed by atoms with Crippen molar-refractivity contribution < 1.29 is 19.0 Å². The molecule has 2 aromatic heterocycles. The van der Waals surface area contributed by atoms with Crippen LogP contribution in [0.25, 0.3) is 5.78 Å². The fourth-order valence-electron chi connectivity index (χ4n) is 2.99. The van der Waals surface area contributed by atoms with Gasteiger partial charge in [0.25, 0.3) is 5.78 Å². The first kappa shape index (κ1) is 17.6. The molecule has 0 fully saturated rings. The van der Waals surface area contributed by atoms with E-state index in [-0.39, 0.29) is 19.2 Å². The zero-order valence-electron chi connectivity index (χ0n) is 15.2. The molecule has 8 nitrogen and oxygen atoms in total. The fourth-order valence-corrected chi connectivity index (χ4v) is 3.32. The van der Waals surface area contributed by atoms with Crippen LogP contribution in [0.5, 0.6) is 17.2 Å². The maximum absolute atomic E-state index is 12.3. The molecule has 1 aromatic carbocycles. The van der Waals surface area contributed by atoms with Gasteiger partial charge in [-0.2, -0.15) is 4.98 Å². The number of carbonyl (C=O) groups is 1. The van der Waals surface area contributed by atoms with Crippen molar-refractivity contribution in [1.29, 1.82) is 0 Å². The summed E-state index contributed by atoms with van der Waals surface area (Å²) >= 11 is 1.47. The van der Waals surface area contributed by atoms with Gasteiger partial charge in [-0.25, -0.2) is 9.50 Å². The van der Waals surface area contributed by atoms with Crippen LogP contribution in [0.1, 0.15) is 23.4 Å². The molecular formula is C18H18N4O4S. The summed E-state index contributed by atoms with van der Waals surface area (Å²) in [6.45, 7) is 4.05. The molecule has 0 unspecified atom stereocenters. The monoisotopic (exact) mass is 386 g/mol. The SMILES string of the molecule is CSc1nc2nc(C)c(CCC(=O)Oc3ccc4c(c3)OCO4)c(C)n2n1. The van der Waals surface area contributed by atoms with E-state index in [4.69, 9.17) is 14.2 Å². The van der Waals surface area contributed by atoms with E-state index in [1.54, 1.807) is 22.7 Å². The predicted octanol–water partition coefficient (Wildman–Crippen LogP) is 2.73. The number of thioether (sulfide) groups is 1. The molecule has 1 aliphatic rings. The Bertz CT molecular complexity index is 1030. The summed E-state index contributed by atoms with van der Waals surface area (Å²) in [5, 5.41) is 5.10. The maximum Gasteiger partial charge on any atom is 0.311 e. The Hall–Kier alpha value is -2.81. The van der Waals surface area contributed by atoms with E-state index in [1.807, 2.05) is 20.1 Å². The van der Waals surface area contributed by atoms with Gasteiger partial charge in [-0.1, -0.05) is 11.8 Å². The first-order valence-electron chi connectivity index (χ1n) is 8.42. The summed E-state index contributed by atoms with van der Waals surface area (Å²) in [7, 11) is 0. The summed E-state index contributed by atoms with van der Waals surface area (Å²) in [6.07, 6.45) is 2.66. The summed E-state index contributed by atoms with van der Waals surface area (Å²) in [5.74, 6) is 1.92. The molecule has 0 bridgehead atoms. The van der Waals surface area contributed by atoms with Gasteiger partial charge in [0.1, 0.15) is 5.75 Å². The predicted molar refractivity (Wildman–Crippen MR) is 98.6 cm³/mol. The van der Waals surface area contributed by atoms with Crippen LogP contribution in [0.4, 0.5) is 0 Å². The van der Waals surface area contributed by atoms with E-state index in [0.717, 1.165) is 17.0 Å². The molecule has 1 aliphatic heterocycles. The van der Waals surface area contributed by atoms with Gasteiger partial charge in [-0.3, -0.25) is 4.79 Å². The van der Waals surface area contributed by atoms with E-state index in [0.29, 0.717) is 34.6 Å². The summed E-state index contributed by atoms with van der Waals surface area (Å²) < 4.78 is 17.7. The van der Waals surface area contributed by atoms with Crippen LogP contribution >= 0.6 is 11.8 Å². The molecule has 3 heterocycles. The van der Waals surface area contributed by atoms with Crippen molar-refractivity contribution >= 4 is 23.5 Å². The Balaban J connectivity index is 1.47. The number of hydrogen-bond donors (Lipinski definition) is 0. The number of ether oxygens (including phenoxy) is 3. The van der Waals surface area contributed by atoms with Crippen LogP contribution in [0, 0.1) is 13.8 Å². The van der Waals surface area contributed by atoms with Crippen LogP contribution in [0.15, 0.2) is 23.4 Å². The number of aryl methyl sites for hydroxylation is 2. The number of esters is 1. The van der Waals surface area contributed by atoms with Gasteiger partial charge in [0.05, 0.1) is 6.42 Å². The Morgan fingerprint density at radius 2 is 2.07 bits per heavy atom. The highest BCUT2D eigenvalue weighted by atomic mass is 32.2. The molecule has 3 aromatic rings. The smallest absolute Gasteiger partial charge is 0.311 e. The van der Waals surface area contributed by atoms with Crippen LogP contribution in [0.2, 0.25) is 0 Å². The van der Waals surface area contributed by atoms with E-state index in [9.17, 15) is 4.79 Å². The lowest BCUT2D eigenvalue weighted by molar-refractivity contribution is -0.134. The van der Waals surface area contributed by atoms with Crippen LogP contribution in [-0.4, -0.2) is 38.6 Å². The summed E-state index contributed by atoms with van der Waals surface area (Å²) in [6, 6.07) is 5.07. The zero-order valence-corrected chi connectivity index (χ0v) is 16.0. The quantitative estimate of drug-likeness (QED) is 0.376. The van der Waals surface area contributed by atoms with Crippen molar-refractivity contribution in [3.8, 4) is 17.2 Å². The number of nitrogens with zero attached hydrogens (tertiary/aromatic N) is 4. The first-order valence-corrected chi connectivity index (χ1v) is 9.65. The largest absolute Gasteiger partial charge is 0.454 e. The van der Waals surface area contributed by atoms with Gasteiger partial charge in [0, 0.05) is 17.5 Å². The highest BCUT2D eigenvalue weighted by Gasteiger charge is 2.17. The third kappa shape index (κ3) is 3.42. The third-order valence-corrected chi connectivity index (χ3v) is 4.91. The minimum absolute atomic E-state index is 0.182. The van der Waals surface area contributed by atoms with Crippen molar-refractivity contribution in [3.63, 3.8) is 0 Å². The van der Waals surface area contributed by atoms with Gasteiger partial charge in [-0.05, 0) is 44.2 Å². The van der Waals surface area contributed by atoms with Gasteiger partial charge < -0.3 is 14.2 Å².